The van der Waals surface area contributed by atoms with Crippen molar-refractivity contribution in [2.75, 3.05) is 39.5 Å². The number of amides is 4. The number of hydrogen-bond donors (Lipinski definition) is 4. The fraction of sp³-hybridized carbons (Fsp3) is 0.850. The van der Waals surface area contributed by atoms with E-state index in [-0.39, 0.29) is 29.9 Å². The van der Waals surface area contributed by atoms with E-state index in [9.17, 15) is 14.4 Å². The average Bonchev–Trinajstić information content (AvgIpc) is 3.25. The SMILES string of the molecule is CNCCN(C)C(=O)CCCCCNC(=O)CCCCC1SCC2NC(=O)NC21. The molecule has 3 atom stereocenters. The van der Waals surface area contributed by atoms with Crippen molar-refractivity contribution in [3.63, 3.8) is 0 Å². The van der Waals surface area contributed by atoms with Gasteiger partial charge in [0, 0.05) is 50.5 Å². The number of hydrogen-bond acceptors (Lipinski definition) is 5. The lowest BCUT2D eigenvalue weighted by atomic mass is 10.0. The van der Waals surface area contributed by atoms with Gasteiger partial charge in [-0.1, -0.05) is 12.8 Å². The molecule has 2 aliphatic heterocycles. The topological polar surface area (TPSA) is 103 Å². The number of carbonyl (C=O) groups is 3. The zero-order valence-electron chi connectivity index (χ0n) is 17.8. The Kier molecular flexibility index (Phi) is 10.6. The first-order chi connectivity index (χ1) is 14.0. The summed E-state index contributed by atoms with van der Waals surface area (Å²) in [5.74, 6) is 1.27. The van der Waals surface area contributed by atoms with Crippen LogP contribution in [0.5, 0.6) is 0 Å². The van der Waals surface area contributed by atoms with Crippen LogP contribution in [0.3, 0.4) is 0 Å². The number of unbranched alkanes of at least 4 members (excludes halogenated alkanes) is 3. The molecule has 4 N–H and O–H groups in total. The Morgan fingerprint density at radius 1 is 1.10 bits per heavy atom. The number of rotatable bonds is 14. The minimum atomic E-state index is -0.0464. The van der Waals surface area contributed by atoms with Crippen LogP contribution in [0.15, 0.2) is 0 Å². The largest absolute Gasteiger partial charge is 0.356 e. The van der Waals surface area contributed by atoms with Crippen molar-refractivity contribution in [2.45, 2.75) is 68.7 Å². The van der Waals surface area contributed by atoms with Crippen LogP contribution in [-0.4, -0.2) is 79.6 Å². The van der Waals surface area contributed by atoms with E-state index in [1.165, 1.54) is 0 Å². The molecule has 4 amide bonds. The Morgan fingerprint density at radius 3 is 2.69 bits per heavy atom. The first kappa shape index (κ1) is 23.8. The average molecular weight is 428 g/mol. The highest BCUT2D eigenvalue weighted by molar-refractivity contribution is 8.00. The summed E-state index contributed by atoms with van der Waals surface area (Å²) in [6, 6.07) is 0.469. The molecule has 2 fully saturated rings. The fourth-order valence-electron chi connectivity index (χ4n) is 3.76. The van der Waals surface area contributed by atoms with E-state index in [1.807, 2.05) is 25.9 Å². The van der Waals surface area contributed by atoms with E-state index in [1.54, 1.807) is 4.90 Å². The Hall–Kier alpha value is -1.48. The zero-order valence-corrected chi connectivity index (χ0v) is 18.6. The number of thioether (sulfide) groups is 1. The van der Waals surface area contributed by atoms with Gasteiger partial charge in [-0.15, -0.1) is 0 Å². The van der Waals surface area contributed by atoms with Crippen molar-refractivity contribution in [2.24, 2.45) is 0 Å². The summed E-state index contributed by atoms with van der Waals surface area (Å²) in [6.07, 6.45) is 6.79. The Morgan fingerprint density at radius 2 is 1.90 bits per heavy atom. The van der Waals surface area contributed by atoms with E-state index in [2.05, 4.69) is 21.3 Å². The van der Waals surface area contributed by atoms with Gasteiger partial charge in [0.05, 0.1) is 12.1 Å². The van der Waals surface area contributed by atoms with Crippen LogP contribution in [0.1, 0.15) is 51.4 Å². The number of likely N-dealkylation sites (N-methyl/N-ethyl adjacent to an activating group) is 2. The summed E-state index contributed by atoms with van der Waals surface area (Å²) in [5.41, 5.74) is 0. The van der Waals surface area contributed by atoms with Crippen LogP contribution in [0.25, 0.3) is 0 Å². The van der Waals surface area contributed by atoms with Gasteiger partial charge in [0.2, 0.25) is 11.8 Å². The Bertz CT molecular complexity index is 548. The molecule has 3 unspecified atom stereocenters. The number of carbonyl (C=O) groups excluding carboxylic acids is 3. The third-order valence-electron chi connectivity index (χ3n) is 5.59. The number of urea groups is 1. The molecule has 8 nitrogen and oxygen atoms in total. The van der Waals surface area contributed by atoms with Crippen molar-refractivity contribution in [1.82, 2.24) is 26.2 Å². The van der Waals surface area contributed by atoms with Crippen LogP contribution in [0.4, 0.5) is 4.79 Å². The van der Waals surface area contributed by atoms with Gasteiger partial charge in [-0.3, -0.25) is 9.59 Å². The van der Waals surface area contributed by atoms with Gasteiger partial charge in [0.1, 0.15) is 0 Å². The molecule has 0 aromatic rings. The molecule has 0 saturated carbocycles. The second kappa shape index (κ2) is 13.0. The van der Waals surface area contributed by atoms with E-state index in [0.29, 0.717) is 24.6 Å². The normalized spacial score (nSPS) is 22.7. The standard InChI is InChI=1S/C20H37N5O3S/c1-21-12-13-25(2)18(27)10-4-3-7-11-22-17(26)9-6-5-8-16-19-15(14-29-16)23-20(28)24-19/h15-16,19,21H,3-14H2,1-2H3,(H,22,26)(H2,23,24,28). The summed E-state index contributed by atoms with van der Waals surface area (Å²) in [6.45, 7) is 2.22. The van der Waals surface area contributed by atoms with E-state index < -0.39 is 0 Å². The van der Waals surface area contributed by atoms with Gasteiger partial charge < -0.3 is 26.2 Å². The molecular weight excluding hydrogens is 390 g/mol. The van der Waals surface area contributed by atoms with Crippen LogP contribution in [0.2, 0.25) is 0 Å². The quantitative estimate of drug-likeness (QED) is 0.245. The summed E-state index contributed by atoms with van der Waals surface area (Å²) in [7, 11) is 3.72. The first-order valence-corrected chi connectivity index (χ1v) is 11.9. The molecule has 0 aromatic carbocycles. The highest BCUT2D eigenvalue weighted by atomic mass is 32.2. The van der Waals surface area contributed by atoms with Crippen LogP contribution >= 0.6 is 11.8 Å². The molecule has 9 heteroatoms. The van der Waals surface area contributed by atoms with Gasteiger partial charge in [-0.25, -0.2) is 4.79 Å². The maximum Gasteiger partial charge on any atom is 0.315 e. The third-order valence-corrected chi connectivity index (χ3v) is 7.10. The predicted octanol–water partition coefficient (Wildman–Crippen LogP) is 1.07. The smallest absolute Gasteiger partial charge is 0.315 e. The minimum absolute atomic E-state index is 0.0464. The number of nitrogens with zero attached hydrogens (tertiary/aromatic N) is 1. The summed E-state index contributed by atoms with van der Waals surface area (Å²) < 4.78 is 0. The summed E-state index contributed by atoms with van der Waals surface area (Å²) in [4.78, 5) is 37.0. The second-order valence-corrected chi connectivity index (χ2v) is 9.22. The van der Waals surface area contributed by atoms with Crippen molar-refractivity contribution < 1.29 is 14.4 Å². The number of nitrogens with one attached hydrogen (secondary N) is 4. The Labute approximate surface area is 178 Å². The van der Waals surface area contributed by atoms with Gasteiger partial charge in [-0.2, -0.15) is 11.8 Å². The molecule has 0 radical (unpaired) electrons. The van der Waals surface area contributed by atoms with Crippen molar-refractivity contribution >= 4 is 29.6 Å². The second-order valence-electron chi connectivity index (χ2n) is 7.95. The maximum absolute atomic E-state index is 11.9. The lowest BCUT2D eigenvalue weighted by molar-refractivity contribution is -0.130. The van der Waals surface area contributed by atoms with Crippen molar-refractivity contribution in [1.29, 1.82) is 0 Å². The fourth-order valence-corrected chi connectivity index (χ4v) is 5.31. The maximum atomic E-state index is 11.9. The third kappa shape index (κ3) is 8.42. The van der Waals surface area contributed by atoms with Crippen LogP contribution in [-0.2, 0) is 9.59 Å². The van der Waals surface area contributed by atoms with Crippen LogP contribution in [0, 0.1) is 0 Å². The molecule has 0 bridgehead atoms. The monoisotopic (exact) mass is 427 g/mol. The van der Waals surface area contributed by atoms with Gasteiger partial charge in [-0.05, 0) is 32.7 Å². The molecule has 0 aromatic heterocycles. The number of fused-ring (bicyclic) bond motifs is 1. The van der Waals surface area contributed by atoms with Gasteiger partial charge in [0.25, 0.3) is 0 Å². The van der Waals surface area contributed by atoms with E-state index >= 15 is 0 Å². The molecule has 29 heavy (non-hydrogen) atoms. The zero-order chi connectivity index (χ0) is 21.1. The molecule has 0 aliphatic carbocycles. The molecule has 2 rings (SSSR count). The predicted molar refractivity (Wildman–Crippen MR) is 117 cm³/mol. The highest BCUT2D eigenvalue weighted by Crippen LogP contribution is 2.33. The highest BCUT2D eigenvalue weighted by Gasteiger charge is 2.42. The van der Waals surface area contributed by atoms with Crippen molar-refractivity contribution in [3.8, 4) is 0 Å². The minimum Gasteiger partial charge on any atom is -0.356 e. The molecule has 2 heterocycles. The van der Waals surface area contributed by atoms with E-state index in [4.69, 9.17) is 0 Å². The van der Waals surface area contributed by atoms with E-state index in [0.717, 1.165) is 57.4 Å². The van der Waals surface area contributed by atoms with Crippen LogP contribution < -0.4 is 21.3 Å². The molecule has 2 saturated heterocycles. The molecular formula is C20H37N5O3S. The molecule has 0 spiro atoms. The lowest BCUT2D eigenvalue weighted by Crippen LogP contribution is -2.36. The Balaban J connectivity index is 1.41. The first-order valence-electron chi connectivity index (χ1n) is 10.8. The molecule has 2 aliphatic rings. The lowest BCUT2D eigenvalue weighted by Gasteiger charge is -2.16. The van der Waals surface area contributed by atoms with Gasteiger partial charge >= 0.3 is 6.03 Å². The molecule has 166 valence electrons. The summed E-state index contributed by atoms with van der Waals surface area (Å²) in [5, 5.41) is 12.4. The van der Waals surface area contributed by atoms with Crippen molar-refractivity contribution in [3.05, 3.63) is 0 Å². The van der Waals surface area contributed by atoms with Gasteiger partial charge in [0.15, 0.2) is 0 Å². The summed E-state index contributed by atoms with van der Waals surface area (Å²) >= 11 is 1.92.